The Labute approximate surface area is 178 Å². The first kappa shape index (κ1) is 21.2. The van der Waals surface area contributed by atoms with Crippen molar-refractivity contribution in [3.05, 3.63) is 70.2 Å². The topological polar surface area (TPSA) is 47.9 Å². The zero-order valence-corrected chi connectivity index (χ0v) is 18.0. The van der Waals surface area contributed by atoms with Gasteiger partial charge in [0.25, 0.3) is 0 Å². The normalized spacial score (nSPS) is 14.4. The maximum absolute atomic E-state index is 12.0. The molecule has 0 aromatic heterocycles. The van der Waals surface area contributed by atoms with Crippen LogP contribution in [-0.2, 0) is 24.4 Å². The summed E-state index contributed by atoms with van der Waals surface area (Å²) < 4.78 is 0. The third-order valence-corrected chi connectivity index (χ3v) is 5.29. The number of nitrogens with zero attached hydrogens (tertiary/aromatic N) is 3. The lowest BCUT2D eigenvalue weighted by molar-refractivity contribution is -0.128. The van der Waals surface area contributed by atoms with Gasteiger partial charge in [-0.2, -0.15) is 0 Å². The SMILES string of the molecule is CCNC(=NCc1ccccc1CN1CCCC1=O)N(C)Cc1cccc(Cl)c1. The van der Waals surface area contributed by atoms with Crippen molar-refractivity contribution in [1.82, 2.24) is 15.1 Å². The number of nitrogens with one attached hydrogen (secondary N) is 1. The number of rotatable bonds is 7. The molecule has 0 aliphatic carbocycles. The quantitative estimate of drug-likeness (QED) is 0.551. The lowest BCUT2D eigenvalue weighted by atomic mass is 10.1. The molecule has 0 atom stereocenters. The molecule has 0 saturated carbocycles. The summed E-state index contributed by atoms with van der Waals surface area (Å²) in [7, 11) is 2.03. The van der Waals surface area contributed by atoms with Crippen molar-refractivity contribution in [3.8, 4) is 0 Å². The monoisotopic (exact) mass is 412 g/mol. The van der Waals surface area contributed by atoms with Gasteiger partial charge >= 0.3 is 0 Å². The van der Waals surface area contributed by atoms with E-state index in [-0.39, 0.29) is 5.91 Å². The van der Waals surface area contributed by atoms with Crippen LogP contribution in [0.1, 0.15) is 36.5 Å². The fraction of sp³-hybridized carbons (Fsp3) is 0.391. The number of aliphatic imine (C=N–C) groups is 1. The van der Waals surface area contributed by atoms with Gasteiger partial charge in [0.1, 0.15) is 0 Å². The molecule has 0 unspecified atom stereocenters. The van der Waals surface area contributed by atoms with Gasteiger partial charge in [-0.15, -0.1) is 0 Å². The first-order valence-electron chi connectivity index (χ1n) is 10.1. The summed E-state index contributed by atoms with van der Waals surface area (Å²) in [6.45, 7) is 5.66. The molecule has 1 fully saturated rings. The van der Waals surface area contributed by atoms with Gasteiger partial charge in [-0.25, -0.2) is 4.99 Å². The van der Waals surface area contributed by atoms with Gasteiger partial charge in [-0.05, 0) is 42.2 Å². The number of hydrogen-bond acceptors (Lipinski definition) is 2. The number of likely N-dealkylation sites (tertiary alicyclic amines) is 1. The Bertz CT molecular complexity index is 867. The third kappa shape index (κ3) is 5.97. The number of carbonyl (C=O) groups is 1. The predicted molar refractivity (Wildman–Crippen MR) is 119 cm³/mol. The number of halogens is 1. The number of hydrogen-bond donors (Lipinski definition) is 1. The van der Waals surface area contributed by atoms with E-state index in [1.807, 2.05) is 42.3 Å². The molecule has 2 aromatic carbocycles. The Hall–Kier alpha value is -2.53. The van der Waals surface area contributed by atoms with Crippen LogP contribution in [0.2, 0.25) is 5.02 Å². The van der Waals surface area contributed by atoms with E-state index in [1.165, 1.54) is 5.56 Å². The average Bonchev–Trinajstić information content (AvgIpc) is 3.10. The Morgan fingerprint density at radius 3 is 2.69 bits per heavy atom. The van der Waals surface area contributed by atoms with E-state index in [9.17, 15) is 4.79 Å². The molecule has 1 saturated heterocycles. The molecule has 1 amide bonds. The number of carbonyl (C=O) groups excluding carboxylic acids is 1. The van der Waals surface area contributed by atoms with Gasteiger partial charge in [0, 0.05) is 44.7 Å². The molecule has 0 bridgehead atoms. The van der Waals surface area contributed by atoms with Gasteiger partial charge in [0.2, 0.25) is 5.91 Å². The molecule has 0 spiro atoms. The highest BCUT2D eigenvalue weighted by Gasteiger charge is 2.20. The zero-order chi connectivity index (χ0) is 20.6. The molecule has 3 rings (SSSR count). The van der Waals surface area contributed by atoms with Crippen LogP contribution in [0.15, 0.2) is 53.5 Å². The fourth-order valence-electron chi connectivity index (χ4n) is 3.56. The summed E-state index contributed by atoms with van der Waals surface area (Å²) >= 11 is 6.12. The van der Waals surface area contributed by atoms with Crippen molar-refractivity contribution >= 4 is 23.5 Å². The second-order valence-corrected chi connectivity index (χ2v) is 7.78. The molecule has 6 heteroatoms. The number of guanidine groups is 1. The standard InChI is InChI=1S/C23H29ClN4O/c1-3-25-23(27(2)16-18-8-6-11-21(24)14-18)26-15-19-9-4-5-10-20(19)17-28-13-7-12-22(28)29/h4-6,8-11,14H,3,7,12-13,15-17H2,1-2H3,(H,25,26). The molecule has 1 aliphatic rings. The molecular weight excluding hydrogens is 384 g/mol. The van der Waals surface area contributed by atoms with E-state index in [2.05, 4.69) is 35.3 Å². The minimum atomic E-state index is 0.248. The minimum absolute atomic E-state index is 0.248. The number of amides is 1. The Morgan fingerprint density at radius 2 is 2.00 bits per heavy atom. The van der Waals surface area contributed by atoms with E-state index in [1.54, 1.807) is 0 Å². The fourth-order valence-corrected chi connectivity index (χ4v) is 3.77. The van der Waals surface area contributed by atoms with Crippen molar-refractivity contribution in [2.45, 2.75) is 39.4 Å². The maximum Gasteiger partial charge on any atom is 0.222 e. The third-order valence-electron chi connectivity index (χ3n) is 5.06. The van der Waals surface area contributed by atoms with Crippen LogP contribution < -0.4 is 5.32 Å². The molecule has 0 radical (unpaired) electrons. The Morgan fingerprint density at radius 1 is 1.21 bits per heavy atom. The van der Waals surface area contributed by atoms with Crippen LogP contribution in [0.3, 0.4) is 0 Å². The van der Waals surface area contributed by atoms with Crippen LogP contribution in [0.4, 0.5) is 0 Å². The number of benzene rings is 2. The minimum Gasteiger partial charge on any atom is -0.357 e. The maximum atomic E-state index is 12.0. The average molecular weight is 413 g/mol. The molecule has 1 aliphatic heterocycles. The molecule has 154 valence electrons. The second-order valence-electron chi connectivity index (χ2n) is 7.34. The van der Waals surface area contributed by atoms with E-state index in [4.69, 9.17) is 16.6 Å². The van der Waals surface area contributed by atoms with Crippen molar-refractivity contribution in [1.29, 1.82) is 0 Å². The summed E-state index contributed by atoms with van der Waals surface area (Å²) in [5.74, 6) is 1.09. The Balaban J connectivity index is 1.72. The van der Waals surface area contributed by atoms with Crippen LogP contribution in [0, 0.1) is 0 Å². The molecule has 29 heavy (non-hydrogen) atoms. The van der Waals surface area contributed by atoms with Gasteiger partial charge in [-0.3, -0.25) is 4.79 Å². The van der Waals surface area contributed by atoms with Crippen molar-refractivity contribution in [3.63, 3.8) is 0 Å². The summed E-state index contributed by atoms with van der Waals surface area (Å²) in [6, 6.07) is 16.1. The van der Waals surface area contributed by atoms with Crippen molar-refractivity contribution in [2.75, 3.05) is 20.1 Å². The van der Waals surface area contributed by atoms with E-state index in [0.717, 1.165) is 48.2 Å². The van der Waals surface area contributed by atoms with Crippen LogP contribution >= 0.6 is 11.6 Å². The summed E-state index contributed by atoms with van der Waals surface area (Å²) in [4.78, 5) is 20.9. The van der Waals surface area contributed by atoms with Gasteiger partial charge in [0.15, 0.2) is 5.96 Å². The molecular formula is C23H29ClN4O. The first-order chi connectivity index (χ1) is 14.1. The lowest BCUT2D eigenvalue weighted by Crippen LogP contribution is -2.38. The lowest BCUT2D eigenvalue weighted by Gasteiger charge is -2.23. The zero-order valence-electron chi connectivity index (χ0n) is 17.2. The van der Waals surface area contributed by atoms with E-state index >= 15 is 0 Å². The van der Waals surface area contributed by atoms with Gasteiger partial charge in [0.05, 0.1) is 6.54 Å². The highest BCUT2D eigenvalue weighted by Crippen LogP contribution is 2.18. The van der Waals surface area contributed by atoms with Crippen molar-refractivity contribution < 1.29 is 4.79 Å². The highest BCUT2D eigenvalue weighted by atomic mass is 35.5. The van der Waals surface area contributed by atoms with Crippen LogP contribution in [-0.4, -0.2) is 41.8 Å². The smallest absolute Gasteiger partial charge is 0.222 e. The summed E-state index contributed by atoms with van der Waals surface area (Å²) in [5.41, 5.74) is 3.46. The molecule has 5 nitrogen and oxygen atoms in total. The van der Waals surface area contributed by atoms with E-state index in [0.29, 0.717) is 19.5 Å². The second kappa shape index (κ2) is 10.3. The summed E-state index contributed by atoms with van der Waals surface area (Å²) in [6.07, 6.45) is 1.62. The predicted octanol–water partition coefficient (Wildman–Crippen LogP) is 4.06. The van der Waals surface area contributed by atoms with E-state index < -0.39 is 0 Å². The molecule has 1 N–H and O–H groups in total. The largest absolute Gasteiger partial charge is 0.357 e. The van der Waals surface area contributed by atoms with Crippen LogP contribution in [0.5, 0.6) is 0 Å². The van der Waals surface area contributed by atoms with Gasteiger partial charge < -0.3 is 15.1 Å². The molecule has 1 heterocycles. The van der Waals surface area contributed by atoms with Gasteiger partial charge in [-0.1, -0.05) is 48.0 Å². The Kier molecular flexibility index (Phi) is 7.53. The highest BCUT2D eigenvalue weighted by molar-refractivity contribution is 6.30. The summed E-state index contributed by atoms with van der Waals surface area (Å²) in [5, 5.41) is 4.10. The molecule has 2 aromatic rings. The first-order valence-corrected chi connectivity index (χ1v) is 10.5. The van der Waals surface area contributed by atoms with Crippen molar-refractivity contribution in [2.24, 2.45) is 4.99 Å². The van der Waals surface area contributed by atoms with Crippen LogP contribution in [0.25, 0.3) is 0 Å².